The molecule has 0 bridgehead atoms. The number of methoxy groups -OCH3 is 1. The third kappa shape index (κ3) is 4.63. The third-order valence-electron chi connectivity index (χ3n) is 6.99. The Labute approximate surface area is 219 Å². The van der Waals surface area contributed by atoms with Crippen molar-refractivity contribution >= 4 is 27.0 Å². The number of fused-ring (bicyclic) bond motifs is 2. The van der Waals surface area contributed by atoms with Gasteiger partial charge in [0.15, 0.2) is 0 Å². The van der Waals surface area contributed by atoms with Crippen molar-refractivity contribution < 1.29 is 9.47 Å². The normalized spacial score (nSPS) is 14.7. The highest BCUT2D eigenvalue weighted by Gasteiger charge is 2.26. The first-order valence-corrected chi connectivity index (χ1v) is 13.0. The van der Waals surface area contributed by atoms with Crippen LogP contribution in [0.5, 0.6) is 11.5 Å². The molecule has 0 aliphatic heterocycles. The zero-order chi connectivity index (χ0) is 24.5. The number of nitrogens with one attached hydrogen (secondary N) is 1. The van der Waals surface area contributed by atoms with E-state index in [9.17, 15) is 0 Å². The first kappa shape index (κ1) is 22.9. The predicted molar refractivity (Wildman–Crippen MR) is 147 cm³/mol. The van der Waals surface area contributed by atoms with Gasteiger partial charge in [-0.1, -0.05) is 70.5 Å². The summed E-state index contributed by atoms with van der Waals surface area (Å²) in [6.45, 7) is 0.581. The van der Waals surface area contributed by atoms with Crippen molar-refractivity contribution in [3.63, 3.8) is 0 Å². The lowest BCUT2D eigenvalue weighted by molar-refractivity contribution is 0.306. The highest BCUT2D eigenvalue weighted by atomic mass is 79.9. The Bertz CT molecular complexity index is 1510. The van der Waals surface area contributed by atoms with E-state index < -0.39 is 0 Å². The molecule has 36 heavy (non-hydrogen) atoms. The first-order chi connectivity index (χ1) is 17.7. The summed E-state index contributed by atoms with van der Waals surface area (Å²) in [5, 5.41) is 0. The SMILES string of the molecule is COc1ccc(C2Cc3ccc(OCc4ccccc4)cc3C2)c2[nH]c(Cc3ccc(Br)cc3)nc12. The molecule has 180 valence electrons. The van der Waals surface area contributed by atoms with E-state index in [1.54, 1.807) is 7.11 Å². The number of hydrogen-bond acceptors (Lipinski definition) is 3. The van der Waals surface area contributed by atoms with Crippen LogP contribution in [0.25, 0.3) is 11.0 Å². The van der Waals surface area contributed by atoms with Gasteiger partial charge in [-0.2, -0.15) is 0 Å². The Kier molecular flexibility index (Phi) is 6.24. The lowest BCUT2D eigenvalue weighted by Crippen LogP contribution is -2.00. The number of rotatable bonds is 7. The number of ether oxygens (including phenoxy) is 2. The summed E-state index contributed by atoms with van der Waals surface area (Å²) in [6, 6.07) is 29.5. The minimum atomic E-state index is 0.388. The largest absolute Gasteiger partial charge is 0.494 e. The van der Waals surface area contributed by atoms with E-state index >= 15 is 0 Å². The fraction of sp³-hybridized carbons (Fsp3) is 0.194. The Balaban J connectivity index is 1.25. The Morgan fingerprint density at radius 3 is 2.50 bits per heavy atom. The third-order valence-corrected chi connectivity index (χ3v) is 7.52. The van der Waals surface area contributed by atoms with Crippen LogP contribution >= 0.6 is 15.9 Å². The van der Waals surface area contributed by atoms with E-state index in [-0.39, 0.29) is 0 Å². The molecule has 6 rings (SSSR count). The van der Waals surface area contributed by atoms with E-state index in [1.807, 2.05) is 18.2 Å². The van der Waals surface area contributed by atoms with Crippen molar-refractivity contribution in [3.05, 3.63) is 123 Å². The van der Waals surface area contributed by atoms with Crippen LogP contribution < -0.4 is 9.47 Å². The smallest absolute Gasteiger partial charge is 0.146 e. The van der Waals surface area contributed by atoms with Gasteiger partial charge in [-0.05, 0) is 76.9 Å². The van der Waals surface area contributed by atoms with Crippen LogP contribution in [0.15, 0.2) is 89.4 Å². The van der Waals surface area contributed by atoms with Gasteiger partial charge in [0.2, 0.25) is 0 Å². The quantitative estimate of drug-likeness (QED) is 0.235. The van der Waals surface area contributed by atoms with Gasteiger partial charge in [0.1, 0.15) is 29.4 Å². The minimum Gasteiger partial charge on any atom is -0.494 e. The van der Waals surface area contributed by atoms with E-state index in [4.69, 9.17) is 14.5 Å². The lowest BCUT2D eigenvalue weighted by atomic mass is 9.95. The van der Waals surface area contributed by atoms with E-state index in [0.29, 0.717) is 12.5 Å². The topological polar surface area (TPSA) is 47.1 Å². The maximum absolute atomic E-state index is 6.09. The van der Waals surface area contributed by atoms with Crippen LogP contribution in [0.4, 0.5) is 0 Å². The number of aromatic nitrogens is 2. The summed E-state index contributed by atoms with van der Waals surface area (Å²) in [5.74, 6) is 3.07. The predicted octanol–water partition coefficient (Wildman–Crippen LogP) is 7.39. The molecular weight excluding hydrogens is 512 g/mol. The monoisotopic (exact) mass is 538 g/mol. The molecule has 0 amide bonds. The highest BCUT2D eigenvalue weighted by Crippen LogP contribution is 2.40. The molecule has 0 saturated carbocycles. The second-order valence-corrected chi connectivity index (χ2v) is 10.3. The number of halogens is 1. The second-order valence-electron chi connectivity index (χ2n) is 9.38. The van der Waals surface area contributed by atoms with Gasteiger partial charge in [0.05, 0.1) is 12.6 Å². The number of H-pyrrole nitrogens is 1. The standard InChI is InChI=1S/C31H27BrN2O2/c1-35-28-14-13-27(30-31(28)34-29(33-30)15-20-7-10-25(32)11-8-20)24-16-22-9-12-26(18-23(22)17-24)36-19-21-5-3-2-4-6-21/h2-14,18,24H,15-17,19H2,1H3,(H,33,34). The minimum absolute atomic E-state index is 0.388. The molecule has 1 unspecified atom stereocenters. The van der Waals surface area contributed by atoms with Gasteiger partial charge in [-0.25, -0.2) is 4.98 Å². The molecule has 5 aromatic rings. The summed E-state index contributed by atoms with van der Waals surface area (Å²) < 4.78 is 12.8. The summed E-state index contributed by atoms with van der Waals surface area (Å²) in [4.78, 5) is 8.57. The molecular formula is C31H27BrN2O2. The molecule has 0 fully saturated rings. The van der Waals surface area contributed by atoms with Gasteiger partial charge in [0, 0.05) is 10.9 Å². The Hall–Kier alpha value is -3.57. The average molecular weight is 539 g/mol. The van der Waals surface area contributed by atoms with E-state index in [2.05, 4.69) is 87.6 Å². The fourth-order valence-corrected chi connectivity index (χ4v) is 5.43. The van der Waals surface area contributed by atoms with Crippen molar-refractivity contribution in [2.45, 2.75) is 31.8 Å². The van der Waals surface area contributed by atoms with Crippen LogP contribution in [-0.2, 0) is 25.9 Å². The zero-order valence-electron chi connectivity index (χ0n) is 20.1. The molecule has 1 heterocycles. The van der Waals surface area contributed by atoms with Gasteiger partial charge < -0.3 is 14.5 Å². The summed E-state index contributed by atoms with van der Waals surface area (Å²) in [7, 11) is 1.71. The number of aromatic amines is 1. The maximum Gasteiger partial charge on any atom is 0.146 e. The summed E-state index contributed by atoms with van der Waals surface area (Å²) in [6.07, 6.45) is 2.74. The van der Waals surface area contributed by atoms with Crippen LogP contribution in [0, 0.1) is 0 Å². The molecule has 4 aromatic carbocycles. The van der Waals surface area contributed by atoms with Crippen molar-refractivity contribution in [2.24, 2.45) is 0 Å². The van der Waals surface area contributed by atoms with Gasteiger partial charge in [0.25, 0.3) is 0 Å². The maximum atomic E-state index is 6.09. The van der Waals surface area contributed by atoms with Crippen LogP contribution in [0.1, 0.15) is 39.6 Å². The first-order valence-electron chi connectivity index (χ1n) is 12.2. The molecule has 0 radical (unpaired) electrons. The molecule has 1 aliphatic rings. The molecule has 1 N–H and O–H groups in total. The van der Waals surface area contributed by atoms with Crippen molar-refractivity contribution in [2.75, 3.05) is 7.11 Å². The fourth-order valence-electron chi connectivity index (χ4n) is 5.17. The van der Waals surface area contributed by atoms with Crippen LogP contribution in [0.2, 0.25) is 0 Å². The van der Waals surface area contributed by atoms with E-state index in [0.717, 1.165) is 52.1 Å². The number of benzene rings is 4. The molecule has 1 aliphatic carbocycles. The summed E-state index contributed by atoms with van der Waals surface area (Å²) >= 11 is 3.51. The van der Waals surface area contributed by atoms with Crippen molar-refractivity contribution in [1.82, 2.24) is 9.97 Å². The highest BCUT2D eigenvalue weighted by molar-refractivity contribution is 9.10. The molecule has 1 aromatic heterocycles. The van der Waals surface area contributed by atoms with E-state index in [1.165, 1.54) is 27.8 Å². The zero-order valence-corrected chi connectivity index (χ0v) is 21.7. The number of hydrogen-bond donors (Lipinski definition) is 1. The van der Waals surface area contributed by atoms with Crippen LogP contribution in [-0.4, -0.2) is 17.1 Å². The van der Waals surface area contributed by atoms with Crippen molar-refractivity contribution in [3.8, 4) is 11.5 Å². The molecule has 5 heteroatoms. The number of nitrogens with zero attached hydrogens (tertiary/aromatic N) is 1. The average Bonchev–Trinajstić information content (AvgIpc) is 3.52. The second kappa shape index (κ2) is 9.82. The Morgan fingerprint density at radius 1 is 0.889 bits per heavy atom. The van der Waals surface area contributed by atoms with Gasteiger partial charge in [-0.3, -0.25) is 0 Å². The van der Waals surface area contributed by atoms with Gasteiger partial charge >= 0.3 is 0 Å². The molecule has 1 atom stereocenters. The number of imidazole rings is 1. The molecule has 0 saturated heterocycles. The molecule has 0 spiro atoms. The Morgan fingerprint density at radius 2 is 1.69 bits per heavy atom. The molecule has 4 nitrogen and oxygen atoms in total. The lowest BCUT2D eigenvalue weighted by Gasteiger charge is -2.12. The van der Waals surface area contributed by atoms with Crippen LogP contribution in [0.3, 0.4) is 0 Å². The van der Waals surface area contributed by atoms with Gasteiger partial charge in [-0.15, -0.1) is 0 Å². The van der Waals surface area contributed by atoms with Crippen molar-refractivity contribution in [1.29, 1.82) is 0 Å². The summed E-state index contributed by atoms with van der Waals surface area (Å²) in [5.41, 5.74) is 8.44.